The van der Waals surface area contributed by atoms with Crippen LogP contribution in [0, 0.1) is 5.41 Å². The van der Waals surface area contributed by atoms with Gasteiger partial charge in [-0.1, -0.05) is 13.8 Å². The van der Waals surface area contributed by atoms with Crippen LogP contribution in [-0.4, -0.2) is 22.9 Å². The zero-order valence-corrected chi connectivity index (χ0v) is 8.84. The predicted molar refractivity (Wildman–Crippen MR) is 52.3 cm³/mol. The molecule has 2 rings (SSSR count). The molecule has 0 aromatic carbocycles. The van der Waals surface area contributed by atoms with E-state index in [0.29, 0.717) is 17.5 Å². The largest absolute Gasteiger partial charge is 0.337 e. The van der Waals surface area contributed by atoms with Crippen molar-refractivity contribution in [2.24, 2.45) is 5.41 Å². The minimum absolute atomic E-state index is 0.281. The van der Waals surface area contributed by atoms with Crippen LogP contribution in [0.5, 0.6) is 0 Å². The van der Waals surface area contributed by atoms with Crippen LogP contribution in [0.3, 0.4) is 0 Å². The van der Waals surface area contributed by atoms with E-state index < -0.39 is 0 Å². The van der Waals surface area contributed by atoms with Crippen LogP contribution in [0.2, 0.25) is 0 Å². The summed E-state index contributed by atoms with van der Waals surface area (Å²) in [5.41, 5.74) is 0.456. The topological polar surface area (TPSA) is 20.3 Å². The number of carbonyl (C=O) groups excluding carboxylic acids is 1. The lowest BCUT2D eigenvalue weighted by molar-refractivity contribution is -0.135. The number of amides is 1. The van der Waals surface area contributed by atoms with E-state index in [1.807, 2.05) is 0 Å². The van der Waals surface area contributed by atoms with Crippen molar-refractivity contribution in [1.29, 1.82) is 0 Å². The Kier molecular flexibility index (Phi) is 1.90. The fourth-order valence-corrected chi connectivity index (χ4v) is 3.24. The van der Waals surface area contributed by atoms with E-state index in [0.717, 1.165) is 0 Å². The summed E-state index contributed by atoms with van der Waals surface area (Å²) in [7, 11) is 0. The van der Waals surface area contributed by atoms with Gasteiger partial charge in [-0.05, 0) is 31.1 Å². The summed E-state index contributed by atoms with van der Waals surface area (Å²) < 4.78 is 0. The number of piperidine rings is 1. The minimum Gasteiger partial charge on any atom is -0.337 e. The van der Waals surface area contributed by atoms with Crippen molar-refractivity contribution in [3.8, 4) is 0 Å². The quantitative estimate of drug-likeness (QED) is 0.561. The molecule has 2 heterocycles. The van der Waals surface area contributed by atoms with Crippen LogP contribution in [0.4, 0.5) is 0 Å². The first kappa shape index (κ1) is 9.04. The molecule has 2 saturated heterocycles. The molecular weight excluding hydrogens is 162 g/mol. The monoisotopic (exact) mass is 181 g/mol. The maximum absolute atomic E-state index is 11.4. The molecule has 2 aliphatic rings. The van der Waals surface area contributed by atoms with Gasteiger partial charge >= 0.3 is 0 Å². The summed E-state index contributed by atoms with van der Waals surface area (Å²) in [6.07, 6.45) is 4.85. The van der Waals surface area contributed by atoms with Crippen molar-refractivity contribution in [2.75, 3.05) is 0 Å². The van der Waals surface area contributed by atoms with Gasteiger partial charge in [0.05, 0.1) is 0 Å². The van der Waals surface area contributed by atoms with Crippen molar-refractivity contribution in [1.82, 2.24) is 4.90 Å². The van der Waals surface area contributed by atoms with Gasteiger partial charge in [-0.3, -0.25) is 4.79 Å². The predicted octanol–water partition coefficient (Wildman–Crippen LogP) is 2.19. The molecule has 0 aromatic heterocycles. The van der Waals surface area contributed by atoms with Gasteiger partial charge in [-0.15, -0.1) is 0 Å². The first-order valence-corrected chi connectivity index (χ1v) is 5.28. The van der Waals surface area contributed by atoms with Crippen molar-refractivity contribution in [3.63, 3.8) is 0 Å². The van der Waals surface area contributed by atoms with Crippen molar-refractivity contribution < 1.29 is 4.79 Å². The van der Waals surface area contributed by atoms with Crippen LogP contribution in [0.15, 0.2) is 0 Å². The number of rotatable bonds is 0. The van der Waals surface area contributed by atoms with E-state index in [1.54, 1.807) is 6.92 Å². The van der Waals surface area contributed by atoms with Gasteiger partial charge in [0.25, 0.3) is 0 Å². The average molecular weight is 181 g/mol. The van der Waals surface area contributed by atoms with Gasteiger partial charge in [0.2, 0.25) is 5.91 Å². The summed E-state index contributed by atoms with van der Waals surface area (Å²) in [6, 6.07) is 1.09. The molecule has 2 bridgehead atoms. The highest BCUT2D eigenvalue weighted by Gasteiger charge is 2.44. The second-order valence-electron chi connectivity index (χ2n) is 5.38. The first-order valence-electron chi connectivity index (χ1n) is 5.28. The smallest absolute Gasteiger partial charge is 0.219 e. The highest BCUT2D eigenvalue weighted by atomic mass is 16.2. The van der Waals surface area contributed by atoms with E-state index in [2.05, 4.69) is 18.7 Å². The second kappa shape index (κ2) is 2.73. The number of carbonyl (C=O) groups is 1. The summed E-state index contributed by atoms with van der Waals surface area (Å²) in [5.74, 6) is 0.281. The third-order valence-electron chi connectivity index (χ3n) is 3.56. The molecule has 2 heteroatoms. The van der Waals surface area contributed by atoms with Crippen molar-refractivity contribution in [3.05, 3.63) is 0 Å². The first-order chi connectivity index (χ1) is 5.99. The Hall–Kier alpha value is -0.530. The lowest BCUT2D eigenvalue weighted by Gasteiger charge is -2.42. The van der Waals surface area contributed by atoms with E-state index in [-0.39, 0.29) is 5.91 Å². The molecule has 0 radical (unpaired) electrons. The third kappa shape index (κ3) is 1.47. The summed E-state index contributed by atoms with van der Waals surface area (Å²) in [6.45, 7) is 6.37. The molecule has 2 atom stereocenters. The van der Waals surface area contributed by atoms with Crippen molar-refractivity contribution >= 4 is 5.91 Å². The normalized spacial score (nSPS) is 36.4. The zero-order valence-electron chi connectivity index (χ0n) is 8.84. The molecule has 0 saturated carbocycles. The van der Waals surface area contributed by atoms with Gasteiger partial charge < -0.3 is 4.90 Å². The van der Waals surface area contributed by atoms with E-state index in [1.165, 1.54) is 25.7 Å². The standard InChI is InChI=1S/C11H19NO/c1-8(13)12-9-4-5-10(12)7-11(2,3)6-9/h9-10H,4-7H2,1-3H3. The van der Waals surface area contributed by atoms with Crippen molar-refractivity contribution in [2.45, 2.75) is 58.5 Å². The SMILES string of the molecule is CC(=O)N1C2CCC1CC(C)(C)C2. The van der Waals surface area contributed by atoms with Gasteiger partial charge in [-0.2, -0.15) is 0 Å². The van der Waals surface area contributed by atoms with E-state index in [9.17, 15) is 4.79 Å². The molecule has 2 aliphatic heterocycles. The highest BCUT2D eigenvalue weighted by molar-refractivity contribution is 5.74. The Morgan fingerprint density at radius 3 is 2.08 bits per heavy atom. The number of fused-ring (bicyclic) bond motifs is 2. The summed E-state index contributed by atoms with van der Waals surface area (Å²) >= 11 is 0. The minimum atomic E-state index is 0.281. The fraction of sp³-hybridized carbons (Fsp3) is 0.909. The molecule has 1 amide bonds. The lowest BCUT2D eigenvalue weighted by Crippen LogP contribution is -2.47. The molecule has 0 N–H and O–H groups in total. The van der Waals surface area contributed by atoms with E-state index >= 15 is 0 Å². The van der Waals surface area contributed by atoms with Crippen LogP contribution >= 0.6 is 0 Å². The molecule has 0 aromatic rings. The van der Waals surface area contributed by atoms with Gasteiger partial charge in [-0.25, -0.2) is 0 Å². The van der Waals surface area contributed by atoms with Gasteiger partial charge in [0.15, 0.2) is 0 Å². The molecule has 2 fully saturated rings. The Bertz CT molecular complexity index is 218. The molecule has 74 valence electrons. The molecule has 2 unspecified atom stereocenters. The fourth-order valence-electron chi connectivity index (χ4n) is 3.24. The Morgan fingerprint density at radius 1 is 1.23 bits per heavy atom. The number of hydrogen-bond donors (Lipinski definition) is 0. The Balaban J connectivity index is 2.18. The molecule has 2 nitrogen and oxygen atoms in total. The van der Waals surface area contributed by atoms with E-state index in [4.69, 9.17) is 0 Å². The third-order valence-corrected chi connectivity index (χ3v) is 3.56. The molecule has 13 heavy (non-hydrogen) atoms. The average Bonchev–Trinajstić information content (AvgIpc) is 2.23. The van der Waals surface area contributed by atoms with Crippen LogP contribution < -0.4 is 0 Å². The van der Waals surface area contributed by atoms with Gasteiger partial charge in [0, 0.05) is 19.0 Å². The molecular formula is C11H19NO. The van der Waals surface area contributed by atoms with Crippen LogP contribution in [-0.2, 0) is 4.79 Å². The van der Waals surface area contributed by atoms with Crippen LogP contribution in [0.25, 0.3) is 0 Å². The number of nitrogens with zero attached hydrogens (tertiary/aromatic N) is 1. The molecule has 0 spiro atoms. The second-order valence-corrected chi connectivity index (χ2v) is 5.38. The summed E-state index contributed by atoms with van der Waals surface area (Å²) in [5, 5.41) is 0. The highest BCUT2D eigenvalue weighted by Crippen LogP contribution is 2.44. The zero-order chi connectivity index (χ0) is 9.64. The Morgan fingerprint density at radius 2 is 1.69 bits per heavy atom. The van der Waals surface area contributed by atoms with Gasteiger partial charge in [0.1, 0.15) is 0 Å². The Labute approximate surface area is 80.3 Å². The maximum Gasteiger partial charge on any atom is 0.219 e. The van der Waals surface area contributed by atoms with Crippen LogP contribution in [0.1, 0.15) is 46.5 Å². The lowest BCUT2D eigenvalue weighted by atomic mass is 9.78. The molecule has 0 aliphatic carbocycles. The maximum atomic E-state index is 11.4. The summed E-state index contributed by atoms with van der Waals surface area (Å²) in [4.78, 5) is 13.5. The number of hydrogen-bond acceptors (Lipinski definition) is 1.